The number of ether oxygens (including phenoxy) is 2. The molecule has 2 aliphatic heterocycles. The van der Waals surface area contributed by atoms with Crippen LogP contribution in [0.1, 0.15) is 15.9 Å². The van der Waals surface area contributed by atoms with Crippen LogP contribution in [0.15, 0.2) is 18.2 Å². The van der Waals surface area contributed by atoms with Crippen LogP contribution in [0.4, 0.5) is 5.69 Å². The molecule has 0 aromatic heterocycles. The van der Waals surface area contributed by atoms with Crippen LogP contribution in [-0.2, 0) is 16.0 Å². The van der Waals surface area contributed by atoms with Gasteiger partial charge in [0.1, 0.15) is 0 Å². The third-order valence-electron chi connectivity index (χ3n) is 4.00. The Balaban J connectivity index is 1.62. The van der Waals surface area contributed by atoms with Crippen molar-refractivity contribution in [1.82, 2.24) is 10.3 Å². The number of hydrogen-bond acceptors (Lipinski definition) is 6. The van der Waals surface area contributed by atoms with Gasteiger partial charge in [0.15, 0.2) is 0 Å². The Bertz CT molecular complexity index is 515. The number of carbonyl (C=O) groups excluding carboxylic acids is 1. The van der Waals surface area contributed by atoms with Gasteiger partial charge in [-0.2, -0.15) is 0 Å². The van der Waals surface area contributed by atoms with Crippen LogP contribution < -0.4 is 10.4 Å². The summed E-state index contributed by atoms with van der Waals surface area (Å²) < 4.78 is 10.1. The lowest BCUT2D eigenvalue weighted by molar-refractivity contribution is 0.0390. The fourth-order valence-corrected chi connectivity index (χ4v) is 2.77. The number of anilines is 1. The molecule has 21 heavy (non-hydrogen) atoms. The van der Waals surface area contributed by atoms with Gasteiger partial charge in [0.2, 0.25) is 0 Å². The molecule has 0 bridgehead atoms. The molecule has 114 valence electrons. The molecule has 0 radical (unpaired) electrons. The number of morpholine rings is 1. The summed E-state index contributed by atoms with van der Waals surface area (Å²) in [6, 6.07) is 5.71. The summed E-state index contributed by atoms with van der Waals surface area (Å²) in [5.41, 5.74) is 6.26. The molecule has 0 saturated carbocycles. The number of nitrogens with zero attached hydrogens (tertiary/aromatic N) is 2. The number of methoxy groups -OCH3 is 1. The molecule has 1 fully saturated rings. The SMILES string of the molecule is COC(=O)c1ccc2c(c1)CNN2CCN1CCOCC1. The summed E-state index contributed by atoms with van der Waals surface area (Å²) in [4.78, 5) is 14.0. The van der Waals surface area contributed by atoms with E-state index in [4.69, 9.17) is 9.47 Å². The maximum Gasteiger partial charge on any atom is 0.337 e. The minimum atomic E-state index is -0.287. The molecular weight excluding hydrogens is 270 g/mol. The maximum absolute atomic E-state index is 11.6. The fourth-order valence-electron chi connectivity index (χ4n) is 2.77. The lowest BCUT2D eigenvalue weighted by Gasteiger charge is -2.29. The van der Waals surface area contributed by atoms with Gasteiger partial charge in [-0.3, -0.25) is 4.90 Å². The van der Waals surface area contributed by atoms with Crippen LogP contribution in [0.25, 0.3) is 0 Å². The Kier molecular flexibility index (Phi) is 4.38. The molecule has 2 heterocycles. The minimum Gasteiger partial charge on any atom is -0.465 e. The number of hydrogen-bond donors (Lipinski definition) is 1. The highest BCUT2D eigenvalue weighted by atomic mass is 16.5. The number of nitrogens with one attached hydrogen (secondary N) is 1. The summed E-state index contributed by atoms with van der Waals surface area (Å²) in [5.74, 6) is -0.287. The summed E-state index contributed by atoms with van der Waals surface area (Å²) >= 11 is 0. The lowest BCUT2D eigenvalue weighted by atomic mass is 10.1. The number of rotatable bonds is 4. The van der Waals surface area contributed by atoms with E-state index in [0.717, 1.165) is 57.2 Å². The first-order valence-electron chi connectivity index (χ1n) is 7.30. The number of benzene rings is 1. The van der Waals surface area contributed by atoms with E-state index < -0.39 is 0 Å². The van der Waals surface area contributed by atoms with Gasteiger partial charge in [-0.1, -0.05) is 0 Å². The Morgan fingerprint density at radius 1 is 1.33 bits per heavy atom. The molecule has 1 saturated heterocycles. The molecule has 6 heteroatoms. The highest BCUT2D eigenvalue weighted by molar-refractivity contribution is 5.90. The van der Waals surface area contributed by atoms with Crippen molar-refractivity contribution >= 4 is 11.7 Å². The smallest absolute Gasteiger partial charge is 0.337 e. The van der Waals surface area contributed by atoms with Crippen LogP contribution >= 0.6 is 0 Å². The Morgan fingerprint density at radius 2 is 2.14 bits per heavy atom. The van der Waals surface area contributed by atoms with E-state index >= 15 is 0 Å². The standard InChI is InChI=1S/C15H21N3O3/c1-20-15(19)12-2-3-14-13(10-12)11-16-18(14)5-4-17-6-8-21-9-7-17/h2-3,10,16H,4-9,11H2,1H3. The monoisotopic (exact) mass is 291 g/mol. The molecule has 1 aromatic rings. The van der Waals surface area contributed by atoms with Crippen LogP contribution in [0.3, 0.4) is 0 Å². The first-order chi connectivity index (χ1) is 10.3. The molecule has 0 unspecified atom stereocenters. The summed E-state index contributed by atoms with van der Waals surface area (Å²) in [6.45, 7) is 6.34. The van der Waals surface area contributed by atoms with Crippen molar-refractivity contribution in [2.75, 3.05) is 51.5 Å². The van der Waals surface area contributed by atoms with E-state index in [-0.39, 0.29) is 5.97 Å². The van der Waals surface area contributed by atoms with Crippen molar-refractivity contribution in [3.8, 4) is 0 Å². The fraction of sp³-hybridized carbons (Fsp3) is 0.533. The second-order valence-electron chi connectivity index (χ2n) is 5.28. The third kappa shape index (κ3) is 3.18. The largest absolute Gasteiger partial charge is 0.465 e. The van der Waals surface area contributed by atoms with Crippen LogP contribution in [0.2, 0.25) is 0 Å². The normalized spacial score (nSPS) is 18.6. The number of esters is 1. The van der Waals surface area contributed by atoms with Gasteiger partial charge in [-0.05, 0) is 23.8 Å². The summed E-state index contributed by atoms with van der Waals surface area (Å²) in [7, 11) is 1.41. The summed E-state index contributed by atoms with van der Waals surface area (Å²) in [6.07, 6.45) is 0. The van der Waals surface area contributed by atoms with Gasteiger partial charge in [0.25, 0.3) is 0 Å². The molecular formula is C15H21N3O3. The van der Waals surface area contributed by atoms with Crippen molar-refractivity contribution in [2.45, 2.75) is 6.54 Å². The molecule has 2 aliphatic rings. The molecule has 1 N–H and O–H groups in total. The first-order valence-corrected chi connectivity index (χ1v) is 7.30. The van der Waals surface area contributed by atoms with Gasteiger partial charge < -0.3 is 14.5 Å². The highest BCUT2D eigenvalue weighted by Gasteiger charge is 2.21. The van der Waals surface area contributed by atoms with E-state index in [9.17, 15) is 4.79 Å². The van der Waals surface area contributed by atoms with Crippen molar-refractivity contribution in [2.24, 2.45) is 0 Å². The second-order valence-corrected chi connectivity index (χ2v) is 5.28. The van der Waals surface area contributed by atoms with Gasteiger partial charge >= 0.3 is 5.97 Å². The molecule has 0 aliphatic carbocycles. The van der Waals surface area contributed by atoms with Gasteiger partial charge in [-0.15, -0.1) is 0 Å². The number of fused-ring (bicyclic) bond motifs is 1. The van der Waals surface area contributed by atoms with Gasteiger partial charge in [-0.25, -0.2) is 10.2 Å². The lowest BCUT2D eigenvalue weighted by Crippen LogP contribution is -2.43. The van der Waals surface area contributed by atoms with Crippen molar-refractivity contribution < 1.29 is 14.3 Å². The third-order valence-corrected chi connectivity index (χ3v) is 4.00. The van der Waals surface area contributed by atoms with E-state index in [1.165, 1.54) is 7.11 Å². The topological polar surface area (TPSA) is 54.0 Å². The minimum absolute atomic E-state index is 0.287. The summed E-state index contributed by atoms with van der Waals surface area (Å²) in [5, 5.41) is 2.16. The van der Waals surface area contributed by atoms with E-state index in [0.29, 0.717) is 5.56 Å². The zero-order valence-electron chi connectivity index (χ0n) is 12.3. The predicted octanol–water partition coefficient (Wildman–Crippen LogP) is 0.630. The first kappa shape index (κ1) is 14.3. The predicted molar refractivity (Wildman–Crippen MR) is 79.2 cm³/mol. The van der Waals surface area contributed by atoms with Crippen molar-refractivity contribution in [1.29, 1.82) is 0 Å². The average Bonchev–Trinajstić information content (AvgIpc) is 2.95. The highest BCUT2D eigenvalue weighted by Crippen LogP contribution is 2.26. The second kappa shape index (κ2) is 6.43. The van der Waals surface area contributed by atoms with Gasteiger partial charge in [0.05, 0.1) is 31.6 Å². The quantitative estimate of drug-likeness (QED) is 0.821. The molecule has 1 aromatic carbocycles. The van der Waals surface area contributed by atoms with Crippen LogP contribution in [0, 0.1) is 0 Å². The Labute approximate surface area is 124 Å². The van der Waals surface area contributed by atoms with Crippen molar-refractivity contribution in [3.05, 3.63) is 29.3 Å². The van der Waals surface area contributed by atoms with E-state index in [2.05, 4.69) is 15.3 Å². The molecule has 0 spiro atoms. The molecule has 0 amide bonds. The van der Waals surface area contributed by atoms with Crippen LogP contribution in [0.5, 0.6) is 0 Å². The van der Waals surface area contributed by atoms with E-state index in [1.54, 1.807) is 0 Å². The number of hydrazine groups is 1. The molecule has 0 atom stereocenters. The van der Waals surface area contributed by atoms with E-state index in [1.807, 2.05) is 18.2 Å². The molecule has 6 nitrogen and oxygen atoms in total. The van der Waals surface area contributed by atoms with Crippen molar-refractivity contribution in [3.63, 3.8) is 0 Å². The molecule has 3 rings (SSSR count). The average molecular weight is 291 g/mol. The van der Waals surface area contributed by atoms with Gasteiger partial charge in [0, 0.05) is 32.7 Å². The Hall–Kier alpha value is -1.63. The van der Waals surface area contributed by atoms with Crippen LogP contribution in [-0.4, -0.2) is 57.4 Å². The maximum atomic E-state index is 11.6. The zero-order chi connectivity index (χ0) is 14.7. The number of carbonyl (C=O) groups is 1. The zero-order valence-corrected chi connectivity index (χ0v) is 12.3. The Morgan fingerprint density at radius 3 is 2.90 bits per heavy atom.